The van der Waals surface area contributed by atoms with E-state index in [2.05, 4.69) is 20.3 Å². The predicted molar refractivity (Wildman–Crippen MR) is 76.8 cm³/mol. The lowest BCUT2D eigenvalue weighted by Gasteiger charge is -2.17. The normalized spacial score (nSPS) is 13.1. The first-order chi connectivity index (χ1) is 9.27. The van der Waals surface area contributed by atoms with E-state index in [0.717, 1.165) is 0 Å². The molecule has 1 aromatic rings. The molecule has 112 valence electrons. The van der Waals surface area contributed by atoms with Gasteiger partial charge in [-0.25, -0.2) is 13.4 Å². The number of nitrogens with zero attached hydrogens (tertiary/aromatic N) is 1. The van der Waals surface area contributed by atoms with Gasteiger partial charge in [0, 0.05) is 19.3 Å². The average Bonchev–Trinajstić information content (AvgIpc) is 2.37. The lowest BCUT2D eigenvalue weighted by atomic mass is 10.3. The van der Waals surface area contributed by atoms with E-state index in [0.29, 0.717) is 0 Å². The van der Waals surface area contributed by atoms with Crippen molar-refractivity contribution >= 4 is 21.7 Å². The third-order valence-electron chi connectivity index (χ3n) is 2.45. The van der Waals surface area contributed by atoms with E-state index in [-0.39, 0.29) is 22.7 Å². The Morgan fingerprint density at radius 3 is 2.50 bits per heavy atom. The van der Waals surface area contributed by atoms with Crippen LogP contribution < -0.4 is 15.4 Å². The molecule has 0 aromatic carbocycles. The van der Waals surface area contributed by atoms with Crippen LogP contribution in [0, 0.1) is 0 Å². The molecule has 0 radical (unpaired) electrons. The topological polar surface area (TPSA) is 100 Å². The molecule has 0 bridgehead atoms. The summed E-state index contributed by atoms with van der Waals surface area (Å²) in [6.45, 7) is 5.10. The van der Waals surface area contributed by atoms with Crippen LogP contribution in [0.3, 0.4) is 0 Å². The SMILES string of the molecule is CNc1ncccc1S(=O)(=O)NC(C)C(=O)NC(C)C. The highest BCUT2D eigenvalue weighted by atomic mass is 32.2. The summed E-state index contributed by atoms with van der Waals surface area (Å²) in [7, 11) is -2.24. The number of anilines is 1. The summed E-state index contributed by atoms with van der Waals surface area (Å²) in [5, 5.41) is 5.35. The molecule has 1 rings (SSSR count). The summed E-state index contributed by atoms with van der Waals surface area (Å²) in [4.78, 5) is 15.7. The van der Waals surface area contributed by atoms with Crippen LogP contribution >= 0.6 is 0 Å². The zero-order chi connectivity index (χ0) is 15.3. The Morgan fingerprint density at radius 2 is 1.95 bits per heavy atom. The monoisotopic (exact) mass is 300 g/mol. The minimum atomic E-state index is -3.82. The van der Waals surface area contributed by atoms with E-state index in [1.807, 2.05) is 0 Å². The van der Waals surface area contributed by atoms with E-state index >= 15 is 0 Å². The number of pyridine rings is 1. The van der Waals surface area contributed by atoms with Gasteiger partial charge in [0.15, 0.2) is 0 Å². The van der Waals surface area contributed by atoms with Gasteiger partial charge in [0.2, 0.25) is 15.9 Å². The standard InChI is InChI=1S/C12H20N4O3S/c1-8(2)15-12(17)9(3)16-20(18,19)10-6-5-7-14-11(10)13-4/h5-9,16H,1-4H3,(H,13,14)(H,15,17). The molecular formula is C12H20N4O3S. The quantitative estimate of drug-likeness (QED) is 0.702. The Kier molecular flexibility index (Phi) is 5.46. The summed E-state index contributed by atoms with van der Waals surface area (Å²) < 4.78 is 26.8. The second-order valence-electron chi connectivity index (χ2n) is 4.61. The van der Waals surface area contributed by atoms with Gasteiger partial charge in [0.25, 0.3) is 0 Å². The van der Waals surface area contributed by atoms with Crippen molar-refractivity contribution in [3.8, 4) is 0 Å². The summed E-state index contributed by atoms with van der Waals surface area (Å²) in [6, 6.07) is 2.02. The van der Waals surface area contributed by atoms with Crippen LogP contribution in [-0.4, -0.2) is 38.4 Å². The minimum Gasteiger partial charge on any atom is -0.372 e. The lowest BCUT2D eigenvalue weighted by Crippen LogP contribution is -2.46. The number of carbonyl (C=O) groups excluding carboxylic acids is 1. The molecule has 0 saturated carbocycles. The first-order valence-electron chi connectivity index (χ1n) is 6.23. The van der Waals surface area contributed by atoms with Gasteiger partial charge >= 0.3 is 0 Å². The second kappa shape index (κ2) is 6.67. The molecule has 3 N–H and O–H groups in total. The first-order valence-corrected chi connectivity index (χ1v) is 7.71. The fraction of sp³-hybridized carbons (Fsp3) is 0.500. The zero-order valence-electron chi connectivity index (χ0n) is 12.0. The van der Waals surface area contributed by atoms with Gasteiger partial charge in [0.05, 0.1) is 6.04 Å². The van der Waals surface area contributed by atoms with Crippen LogP contribution in [0.15, 0.2) is 23.2 Å². The fourth-order valence-electron chi connectivity index (χ4n) is 1.55. The number of hydrogen-bond donors (Lipinski definition) is 3. The molecular weight excluding hydrogens is 280 g/mol. The average molecular weight is 300 g/mol. The van der Waals surface area contributed by atoms with Crippen molar-refractivity contribution in [2.24, 2.45) is 0 Å². The molecule has 1 unspecified atom stereocenters. The predicted octanol–water partition coefficient (Wildman–Crippen LogP) is 0.315. The van der Waals surface area contributed by atoms with E-state index in [4.69, 9.17) is 0 Å². The molecule has 1 atom stereocenters. The molecule has 0 aliphatic carbocycles. The maximum absolute atomic E-state index is 12.2. The number of aromatic nitrogens is 1. The number of hydrogen-bond acceptors (Lipinski definition) is 5. The molecule has 0 fully saturated rings. The highest BCUT2D eigenvalue weighted by Crippen LogP contribution is 2.17. The van der Waals surface area contributed by atoms with Gasteiger partial charge < -0.3 is 10.6 Å². The van der Waals surface area contributed by atoms with Gasteiger partial charge in [-0.3, -0.25) is 4.79 Å². The van der Waals surface area contributed by atoms with Crippen LogP contribution in [0.25, 0.3) is 0 Å². The maximum Gasteiger partial charge on any atom is 0.244 e. The number of rotatable bonds is 6. The van der Waals surface area contributed by atoms with Gasteiger partial charge in [0.1, 0.15) is 10.7 Å². The van der Waals surface area contributed by atoms with Gasteiger partial charge in [-0.05, 0) is 32.9 Å². The Hall–Kier alpha value is -1.67. The van der Waals surface area contributed by atoms with Crippen molar-refractivity contribution in [2.75, 3.05) is 12.4 Å². The molecule has 0 aliphatic heterocycles. The molecule has 0 aliphatic rings. The molecule has 20 heavy (non-hydrogen) atoms. The summed E-state index contributed by atoms with van der Waals surface area (Å²) in [5.41, 5.74) is 0. The third-order valence-corrected chi connectivity index (χ3v) is 4.03. The summed E-state index contributed by atoms with van der Waals surface area (Å²) in [5.74, 6) is -0.144. The molecule has 1 aromatic heterocycles. The minimum absolute atomic E-state index is 0.00620. The maximum atomic E-state index is 12.2. The van der Waals surface area contributed by atoms with Crippen LogP contribution in [0.2, 0.25) is 0 Å². The van der Waals surface area contributed by atoms with E-state index in [9.17, 15) is 13.2 Å². The molecule has 0 spiro atoms. The van der Waals surface area contributed by atoms with Crippen molar-refractivity contribution in [3.05, 3.63) is 18.3 Å². The number of nitrogens with one attached hydrogen (secondary N) is 3. The van der Waals surface area contributed by atoms with Crippen molar-refractivity contribution in [3.63, 3.8) is 0 Å². The largest absolute Gasteiger partial charge is 0.372 e. The molecule has 0 saturated heterocycles. The Bertz CT molecular complexity index is 572. The Labute approximate surface area is 119 Å². The highest BCUT2D eigenvalue weighted by Gasteiger charge is 2.24. The van der Waals surface area contributed by atoms with Crippen LogP contribution in [0.4, 0.5) is 5.82 Å². The van der Waals surface area contributed by atoms with Crippen LogP contribution in [0.5, 0.6) is 0 Å². The molecule has 7 nitrogen and oxygen atoms in total. The fourth-order valence-corrected chi connectivity index (χ4v) is 2.92. The summed E-state index contributed by atoms with van der Waals surface area (Å²) in [6.07, 6.45) is 1.49. The number of amides is 1. The Morgan fingerprint density at radius 1 is 1.30 bits per heavy atom. The van der Waals surface area contributed by atoms with Gasteiger partial charge in [-0.1, -0.05) is 0 Å². The highest BCUT2D eigenvalue weighted by molar-refractivity contribution is 7.89. The van der Waals surface area contributed by atoms with E-state index < -0.39 is 16.1 Å². The third kappa shape index (κ3) is 4.17. The summed E-state index contributed by atoms with van der Waals surface area (Å²) >= 11 is 0. The number of sulfonamides is 1. The molecule has 1 amide bonds. The molecule has 1 heterocycles. The van der Waals surface area contributed by atoms with Crippen molar-refractivity contribution < 1.29 is 13.2 Å². The van der Waals surface area contributed by atoms with E-state index in [1.54, 1.807) is 20.9 Å². The van der Waals surface area contributed by atoms with Crippen molar-refractivity contribution in [1.82, 2.24) is 15.0 Å². The zero-order valence-corrected chi connectivity index (χ0v) is 12.8. The number of carbonyl (C=O) groups is 1. The van der Waals surface area contributed by atoms with Crippen LogP contribution in [-0.2, 0) is 14.8 Å². The van der Waals surface area contributed by atoms with E-state index in [1.165, 1.54) is 25.3 Å². The molecule has 8 heteroatoms. The van der Waals surface area contributed by atoms with Gasteiger partial charge in [-0.15, -0.1) is 0 Å². The van der Waals surface area contributed by atoms with Crippen LogP contribution in [0.1, 0.15) is 20.8 Å². The van der Waals surface area contributed by atoms with Crippen molar-refractivity contribution in [2.45, 2.75) is 37.8 Å². The Balaban J connectivity index is 2.92. The van der Waals surface area contributed by atoms with Crippen molar-refractivity contribution in [1.29, 1.82) is 0 Å². The smallest absolute Gasteiger partial charge is 0.244 e. The lowest BCUT2D eigenvalue weighted by molar-refractivity contribution is -0.122. The second-order valence-corrected chi connectivity index (χ2v) is 6.29. The van der Waals surface area contributed by atoms with Gasteiger partial charge in [-0.2, -0.15) is 4.72 Å². The first kappa shape index (κ1) is 16.4.